The van der Waals surface area contributed by atoms with E-state index in [2.05, 4.69) is 42.2 Å². The molecule has 1 fully saturated rings. The van der Waals surface area contributed by atoms with Gasteiger partial charge >= 0.3 is 0 Å². The van der Waals surface area contributed by atoms with Crippen LogP contribution in [0, 0.1) is 0 Å². The van der Waals surface area contributed by atoms with Crippen molar-refractivity contribution in [1.82, 2.24) is 19.9 Å². The Kier molecular flexibility index (Phi) is 7.18. The highest BCUT2D eigenvalue weighted by Gasteiger charge is 2.55. The summed E-state index contributed by atoms with van der Waals surface area (Å²) < 4.78 is 11.1. The maximum atomic E-state index is 12.8. The number of amides is 1. The lowest BCUT2D eigenvalue weighted by atomic mass is 9.54. The van der Waals surface area contributed by atoms with Crippen molar-refractivity contribution in [2.24, 2.45) is 5.73 Å². The molecule has 204 valence electrons. The Hall–Kier alpha value is -4.11. The third-order valence-corrected chi connectivity index (χ3v) is 8.43. The lowest BCUT2D eigenvalue weighted by molar-refractivity contribution is -0.133. The second kappa shape index (κ2) is 10.6. The summed E-state index contributed by atoms with van der Waals surface area (Å²) in [5, 5.41) is 0.696. The van der Waals surface area contributed by atoms with E-state index >= 15 is 0 Å². The molecule has 1 aliphatic heterocycles. The van der Waals surface area contributed by atoms with E-state index in [0.717, 1.165) is 18.5 Å². The minimum Gasteiger partial charge on any atom is -0.493 e. The van der Waals surface area contributed by atoms with Crippen LogP contribution in [0.5, 0.6) is 11.5 Å². The molecule has 9 heteroatoms. The van der Waals surface area contributed by atoms with Crippen molar-refractivity contribution in [3.63, 3.8) is 0 Å². The molecule has 5 rings (SSSR count). The van der Waals surface area contributed by atoms with Crippen LogP contribution in [-0.2, 0) is 15.6 Å². The zero-order chi connectivity index (χ0) is 27.6. The molecule has 3 heterocycles. The number of hydrogen-bond acceptors (Lipinski definition) is 7. The predicted octanol–water partition coefficient (Wildman–Crippen LogP) is 3.77. The number of H-pyrrole nitrogens is 1. The van der Waals surface area contributed by atoms with Crippen LogP contribution in [0.25, 0.3) is 10.9 Å². The van der Waals surface area contributed by atoms with Gasteiger partial charge in [-0.2, -0.15) is 0 Å². The van der Waals surface area contributed by atoms with Crippen molar-refractivity contribution in [2.45, 2.75) is 37.0 Å². The zero-order valence-electron chi connectivity index (χ0n) is 22.7. The first-order chi connectivity index (χ1) is 18.9. The van der Waals surface area contributed by atoms with Gasteiger partial charge in [-0.05, 0) is 43.5 Å². The number of nitrogens with zero attached hydrogens (tertiary/aromatic N) is 3. The molecule has 9 nitrogen and oxygen atoms in total. The van der Waals surface area contributed by atoms with Crippen molar-refractivity contribution in [3.05, 3.63) is 77.9 Å². The number of benzene rings is 2. The van der Waals surface area contributed by atoms with E-state index in [1.54, 1.807) is 14.2 Å². The number of aromatic amines is 1. The number of carbonyl (C=O) groups excluding carboxylic acids is 1. The Balaban J connectivity index is 1.73. The van der Waals surface area contributed by atoms with Crippen LogP contribution in [-0.4, -0.2) is 59.6 Å². The molecule has 1 aliphatic rings. The van der Waals surface area contributed by atoms with Gasteiger partial charge in [0, 0.05) is 54.8 Å². The molecular formula is C30H36N6O3. The number of aromatic nitrogens is 3. The molecule has 5 N–H and O–H groups in total. The van der Waals surface area contributed by atoms with Crippen molar-refractivity contribution in [2.75, 3.05) is 39.6 Å². The zero-order valence-corrected chi connectivity index (χ0v) is 22.7. The molecule has 0 aliphatic carbocycles. The number of carbonyl (C=O) groups is 1. The van der Waals surface area contributed by atoms with Crippen LogP contribution in [0.4, 0.5) is 5.82 Å². The quantitative estimate of drug-likeness (QED) is 0.317. The lowest BCUT2D eigenvalue weighted by Gasteiger charge is -2.52. The van der Waals surface area contributed by atoms with Gasteiger partial charge < -0.3 is 30.8 Å². The molecule has 2 aromatic carbocycles. The number of hydrogen-bond donors (Lipinski definition) is 3. The maximum Gasteiger partial charge on any atom is 0.223 e. The SMILES string of the molecule is COc1cc2nc(C(C)(c3ccc[nH]3)C3(c4ccccc4)CCN(C(=O)CCN)CC3)nc(N)c2cc1OC. The van der Waals surface area contributed by atoms with Crippen LogP contribution < -0.4 is 20.9 Å². The Labute approximate surface area is 228 Å². The number of rotatable bonds is 8. The molecule has 2 aromatic heterocycles. The number of nitrogens with one attached hydrogen (secondary N) is 1. The molecular weight excluding hydrogens is 492 g/mol. The topological polar surface area (TPSA) is 132 Å². The van der Waals surface area contributed by atoms with Gasteiger partial charge in [-0.3, -0.25) is 4.79 Å². The number of piperidine rings is 1. The molecule has 0 radical (unpaired) electrons. The summed E-state index contributed by atoms with van der Waals surface area (Å²) in [5.74, 6) is 2.20. The van der Waals surface area contributed by atoms with Crippen molar-refractivity contribution >= 4 is 22.6 Å². The van der Waals surface area contributed by atoms with Gasteiger partial charge in [0.1, 0.15) is 11.6 Å². The van der Waals surface area contributed by atoms with Gasteiger partial charge in [-0.25, -0.2) is 9.97 Å². The highest BCUT2D eigenvalue weighted by molar-refractivity contribution is 5.91. The predicted molar refractivity (Wildman–Crippen MR) is 152 cm³/mol. The van der Waals surface area contributed by atoms with Crippen molar-refractivity contribution in [1.29, 1.82) is 0 Å². The lowest BCUT2D eigenvalue weighted by Crippen LogP contribution is -2.56. The fraction of sp³-hybridized carbons (Fsp3) is 0.367. The molecule has 4 aromatic rings. The van der Waals surface area contributed by atoms with Crippen molar-refractivity contribution in [3.8, 4) is 11.5 Å². The molecule has 39 heavy (non-hydrogen) atoms. The molecule has 1 atom stereocenters. The monoisotopic (exact) mass is 528 g/mol. The van der Waals surface area contributed by atoms with E-state index in [1.807, 2.05) is 35.4 Å². The molecule has 0 saturated carbocycles. The van der Waals surface area contributed by atoms with E-state index in [1.165, 1.54) is 5.56 Å². The number of methoxy groups -OCH3 is 2. The third-order valence-electron chi connectivity index (χ3n) is 8.43. The second-order valence-electron chi connectivity index (χ2n) is 10.2. The fourth-order valence-electron chi connectivity index (χ4n) is 6.19. The van der Waals surface area contributed by atoms with E-state index in [-0.39, 0.29) is 5.91 Å². The normalized spacial score (nSPS) is 16.6. The summed E-state index contributed by atoms with van der Waals surface area (Å²) >= 11 is 0. The number of anilines is 1. The minimum atomic E-state index is -0.712. The largest absolute Gasteiger partial charge is 0.493 e. The highest BCUT2D eigenvalue weighted by atomic mass is 16.5. The second-order valence-corrected chi connectivity index (χ2v) is 10.2. The Morgan fingerprint density at radius 3 is 2.36 bits per heavy atom. The third kappa shape index (κ3) is 4.36. The number of nitrogen functional groups attached to an aromatic ring is 1. The minimum absolute atomic E-state index is 0.0907. The molecule has 0 spiro atoms. The summed E-state index contributed by atoms with van der Waals surface area (Å²) in [5.41, 5.74) is 14.0. The molecule has 1 amide bonds. The van der Waals surface area contributed by atoms with Crippen LogP contribution in [0.15, 0.2) is 60.8 Å². The summed E-state index contributed by atoms with van der Waals surface area (Å²) in [6.45, 7) is 3.75. The Morgan fingerprint density at radius 1 is 1.05 bits per heavy atom. The average molecular weight is 529 g/mol. The summed E-state index contributed by atoms with van der Waals surface area (Å²) in [6.07, 6.45) is 3.71. The first kappa shape index (κ1) is 26.5. The van der Waals surface area contributed by atoms with Gasteiger partial charge in [-0.15, -0.1) is 0 Å². The number of likely N-dealkylation sites (tertiary alicyclic amines) is 1. The van der Waals surface area contributed by atoms with E-state index in [0.29, 0.717) is 60.1 Å². The summed E-state index contributed by atoms with van der Waals surface area (Å²) in [7, 11) is 3.19. The van der Waals surface area contributed by atoms with Gasteiger partial charge in [0.25, 0.3) is 0 Å². The number of fused-ring (bicyclic) bond motifs is 1. The van der Waals surface area contributed by atoms with E-state index < -0.39 is 10.8 Å². The first-order valence-corrected chi connectivity index (χ1v) is 13.2. The van der Waals surface area contributed by atoms with Crippen LogP contribution in [0.1, 0.15) is 43.3 Å². The molecule has 1 saturated heterocycles. The van der Waals surface area contributed by atoms with Crippen LogP contribution in [0.3, 0.4) is 0 Å². The Bertz CT molecular complexity index is 1450. The molecule has 0 bridgehead atoms. The van der Waals surface area contributed by atoms with Crippen LogP contribution in [0.2, 0.25) is 0 Å². The maximum absolute atomic E-state index is 12.8. The van der Waals surface area contributed by atoms with Gasteiger partial charge in [0.2, 0.25) is 5.91 Å². The van der Waals surface area contributed by atoms with Gasteiger partial charge in [0.15, 0.2) is 11.5 Å². The average Bonchev–Trinajstić information content (AvgIpc) is 3.52. The van der Waals surface area contributed by atoms with Crippen LogP contribution >= 0.6 is 0 Å². The Morgan fingerprint density at radius 2 is 1.74 bits per heavy atom. The fourth-order valence-corrected chi connectivity index (χ4v) is 6.19. The smallest absolute Gasteiger partial charge is 0.223 e. The van der Waals surface area contributed by atoms with E-state index in [4.69, 9.17) is 30.9 Å². The number of ether oxygens (including phenoxy) is 2. The summed E-state index contributed by atoms with van der Waals surface area (Å²) in [4.78, 5) is 28.2. The van der Waals surface area contributed by atoms with Gasteiger partial charge in [-0.1, -0.05) is 30.3 Å². The van der Waals surface area contributed by atoms with Gasteiger partial charge in [0.05, 0.1) is 25.2 Å². The number of nitrogens with two attached hydrogens (primary N) is 2. The van der Waals surface area contributed by atoms with Crippen molar-refractivity contribution < 1.29 is 14.3 Å². The standard InChI is InChI=1S/C30H36N6O3/c1-29(25-10-7-15-33-25,28-34-22-19-24(39-3)23(38-2)18-21(22)27(32)35-28)30(20-8-5-4-6-9-20)12-16-36(17-13-30)26(37)11-14-31/h4-10,15,18-19,33H,11-14,16-17,31H2,1-3H3,(H2,32,34,35). The molecule has 1 unspecified atom stereocenters. The first-order valence-electron chi connectivity index (χ1n) is 13.2. The van der Waals surface area contributed by atoms with E-state index in [9.17, 15) is 4.79 Å². The highest BCUT2D eigenvalue weighted by Crippen LogP contribution is 2.53. The summed E-state index contributed by atoms with van der Waals surface area (Å²) in [6, 6.07) is 18.2.